The van der Waals surface area contributed by atoms with Crippen molar-refractivity contribution in [1.82, 2.24) is 5.48 Å². The highest BCUT2D eigenvalue weighted by Crippen LogP contribution is 2.38. The van der Waals surface area contributed by atoms with E-state index < -0.39 is 5.97 Å². The van der Waals surface area contributed by atoms with Crippen LogP contribution < -0.4 is 19.7 Å². The summed E-state index contributed by atoms with van der Waals surface area (Å²) in [5.74, 6) is 0.636. The molecule has 0 saturated heterocycles. The van der Waals surface area contributed by atoms with E-state index in [0.717, 1.165) is 0 Å². The number of rotatable bonds is 7. The average Bonchev–Trinajstić information content (AvgIpc) is 2.45. The van der Waals surface area contributed by atoms with E-state index in [1.807, 2.05) is 0 Å². The Kier molecular flexibility index (Phi) is 5.69. The highest BCUT2D eigenvalue weighted by Gasteiger charge is 2.17. The largest absolute Gasteiger partial charge is 0.493 e. The van der Waals surface area contributed by atoms with Gasteiger partial charge in [-0.1, -0.05) is 6.08 Å². The zero-order valence-electron chi connectivity index (χ0n) is 11.2. The molecule has 6 nitrogen and oxygen atoms in total. The van der Waals surface area contributed by atoms with Crippen LogP contribution in [0.5, 0.6) is 17.2 Å². The molecule has 1 N–H and O–H groups in total. The van der Waals surface area contributed by atoms with Crippen LogP contribution in [0.1, 0.15) is 10.4 Å². The molecule has 104 valence electrons. The van der Waals surface area contributed by atoms with E-state index in [9.17, 15) is 4.79 Å². The first-order chi connectivity index (χ1) is 9.17. The van der Waals surface area contributed by atoms with Crippen molar-refractivity contribution in [2.45, 2.75) is 0 Å². The molecule has 0 amide bonds. The number of ether oxygens (including phenoxy) is 3. The van der Waals surface area contributed by atoms with Crippen molar-refractivity contribution in [2.24, 2.45) is 0 Å². The summed E-state index contributed by atoms with van der Waals surface area (Å²) in [4.78, 5) is 16.6. The number of methoxy groups -OCH3 is 3. The molecule has 0 fully saturated rings. The van der Waals surface area contributed by atoms with E-state index in [0.29, 0.717) is 23.8 Å². The Balaban J connectivity index is 3.01. The molecule has 0 unspecified atom stereocenters. The standard InChI is InChI=1S/C13H17NO5/c1-5-6-14-19-13(15)9-7-10(16-2)12(18-4)11(8-9)17-3/h5,7-8,14H,1,6H2,2-4H3. The number of hydrogen-bond donors (Lipinski definition) is 1. The maximum Gasteiger partial charge on any atom is 0.357 e. The molecule has 0 aromatic heterocycles. The number of nitrogens with one attached hydrogen (secondary N) is 1. The molecule has 6 heteroatoms. The van der Waals surface area contributed by atoms with Crippen molar-refractivity contribution < 1.29 is 23.8 Å². The van der Waals surface area contributed by atoms with Gasteiger partial charge in [-0.2, -0.15) is 0 Å². The van der Waals surface area contributed by atoms with Gasteiger partial charge in [0.05, 0.1) is 26.9 Å². The van der Waals surface area contributed by atoms with E-state index in [1.165, 1.54) is 33.5 Å². The lowest BCUT2D eigenvalue weighted by molar-refractivity contribution is 0.0278. The Morgan fingerprint density at radius 2 is 1.79 bits per heavy atom. The van der Waals surface area contributed by atoms with Gasteiger partial charge in [0.2, 0.25) is 5.75 Å². The van der Waals surface area contributed by atoms with Crippen LogP contribution in [0.25, 0.3) is 0 Å². The number of hydrogen-bond acceptors (Lipinski definition) is 6. The number of carbonyl (C=O) groups excluding carboxylic acids is 1. The van der Waals surface area contributed by atoms with Crippen LogP contribution in [0, 0.1) is 0 Å². The van der Waals surface area contributed by atoms with Gasteiger partial charge in [0, 0.05) is 6.54 Å². The van der Waals surface area contributed by atoms with Crippen molar-refractivity contribution in [3.8, 4) is 17.2 Å². The summed E-state index contributed by atoms with van der Waals surface area (Å²) < 4.78 is 15.5. The Bertz CT molecular complexity index is 433. The minimum atomic E-state index is -0.555. The van der Waals surface area contributed by atoms with Gasteiger partial charge >= 0.3 is 5.97 Å². The zero-order valence-corrected chi connectivity index (χ0v) is 11.2. The van der Waals surface area contributed by atoms with Gasteiger partial charge in [0.1, 0.15) is 0 Å². The number of carbonyl (C=O) groups is 1. The van der Waals surface area contributed by atoms with Crippen LogP contribution in [-0.4, -0.2) is 33.8 Å². The summed E-state index contributed by atoms with van der Waals surface area (Å²) in [6, 6.07) is 3.03. The second-order valence-corrected chi connectivity index (χ2v) is 3.44. The first kappa shape index (κ1) is 14.8. The van der Waals surface area contributed by atoms with E-state index in [-0.39, 0.29) is 5.56 Å². The Morgan fingerprint density at radius 1 is 1.21 bits per heavy atom. The summed E-state index contributed by atoms with van der Waals surface area (Å²) in [6.07, 6.45) is 1.57. The second-order valence-electron chi connectivity index (χ2n) is 3.44. The predicted molar refractivity (Wildman–Crippen MR) is 69.7 cm³/mol. The van der Waals surface area contributed by atoms with Crippen molar-refractivity contribution in [3.05, 3.63) is 30.4 Å². The normalized spacial score (nSPS) is 9.63. The van der Waals surface area contributed by atoms with Gasteiger partial charge in [-0.15, -0.1) is 12.1 Å². The highest BCUT2D eigenvalue weighted by atomic mass is 16.7. The Hall–Kier alpha value is -2.21. The molecular formula is C13H17NO5. The van der Waals surface area contributed by atoms with E-state index in [1.54, 1.807) is 6.08 Å². The van der Waals surface area contributed by atoms with Crippen LogP contribution >= 0.6 is 0 Å². The predicted octanol–water partition coefficient (Wildman–Crippen LogP) is 1.56. The molecule has 0 radical (unpaired) electrons. The lowest BCUT2D eigenvalue weighted by atomic mass is 10.2. The van der Waals surface area contributed by atoms with Gasteiger partial charge in [-0.05, 0) is 12.1 Å². The summed E-state index contributed by atoms with van der Waals surface area (Å²) >= 11 is 0. The lowest BCUT2D eigenvalue weighted by Crippen LogP contribution is -2.20. The molecule has 0 aliphatic rings. The third-order valence-electron chi connectivity index (χ3n) is 2.29. The van der Waals surface area contributed by atoms with Crippen LogP contribution in [-0.2, 0) is 4.84 Å². The van der Waals surface area contributed by atoms with Crippen molar-refractivity contribution in [2.75, 3.05) is 27.9 Å². The molecule has 0 spiro atoms. The molecule has 0 bridgehead atoms. The molecule has 0 aliphatic carbocycles. The summed E-state index contributed by atoms with van der Waals surface area (Å²) in [5, 5.41) is 0. The lowest BCUT2D eigenvalue weighted by Gasteiger charge is -2.13. The average molecular weight is 267 g/mol. The zero-order chi connectivity index (χ0) is 14.3. The molecule has 0 aliphatic heterocycles. The van der Waals surface area contributed by atoms with Gasteiger partial charge in [0.15, 0.2) is 11.5 Å². The molecule has 0 saturated carbocycles. The second kappa shape index (κ2) is 7.27. The smallest absolute Gasteiger partial charge is 0.357 e. The number of benzene rings is 1. The Morgan fingerprint density at radius 3 is 2.21 bits per heavy atom. The van der Waals surface area contributed by atoms with Crippen molar-refractivity contribution >= 4 is 5.97 Å². The van der Waals surface area contributed by atoms with E-state index >= 15 is 0 Å². The highest BCUT2D eigenvalue weighted by molar-refractivity contribution is 5.91. The van der Waals surface area contributed by atoms with Crippen LogP contribution in [0.3, 0.4) is 0 Å². The minimum absolute atomic E-state index is 0.283. The van der Waals surface area contributed by atoms with Crippen molar-refractivity contribution in [3.63, 3.8) is 0 Å². The van der Waals surface area contributed by atoms with Gasteiger partial charge < -0.3 is 19.0 Å². The molecule has 1 aromatic carbocycles. The maximum absolute atomic E-state index is 11.8. The fourth-order valence-corrected chi connectivity index (χ4v) is 1.42. The fourth-order valence-electron chi connectivity index (χ4n) is 1.42. The molecule has 0 heterocycles. The van der Waals surface area contributed by atoms with Crippen LogP contribution in [0.4, 0.5) is 0 Å². The van der Waals surface area contributed by atoms with E-state index in [4.69, 9.17) is 19.0 Å². The molecule has 1 aromatic rings. The minimum Gasteiger partial charge on any atom is -0.493 e. The summed E-state index contributed by atoms with van der Waals surface area (Å²) in [5.41, 5.74) is 2.74. The first-order valence-corrected chi connectivity index (χ1v) is 5.52. The first-order valence-electron chi connectivity index (χ1n) is 5.52. The third-order valence-corrected chi connectivity index (χ3v) is 2.29. The molecule has 1 rings (SSSR count). The fraction of sp³-hybridized carbons (Fsp3) is 0.308. The van der Waals surface area contributed by atoms with Crippen LogP contribution in [0.15, 0.2) is 24.8 Å². The molecule has 19 heavy (non-hydrogen) atoms. The SMILES string of the molecule is C=CCNOC(=O)c1cc(OC)c(OC)c(OC)c1. The van der Waals surface area contributed by atoms with Gasteiger partial charge in [0.25, 0.3) is 0 Å². The number of hydroxylamine groups is 1. The molecule has 0 atom stereocenters. The molecular weight excluding hydrogens is 250 g/mol. The third kappa shape index (κ3) is 3.62. The quantitative estimate of drug-likeness (QED) is 0.459. The van der Waals surface area contributed by atoms with E-state index in [2.05, 4.69) is 12.1 Å². The Labute approximate surface area is 111 Å². The topological polar surface area (TPSA) is 66.0 Å². The van der Waals surface area contributed by atoms with Gasteiger partial charge in [-0.25, -0.2) is 4.79 Å². The monoisotopic (exact) mass is 267 g/mol. The summed E-state index contributed by atoms with van der Waals surface area (Å²) in [7, 11) is 4.44. The summed E-state index contributed by atoms with van der Waals surface area (Å²) in [6.45, 7) is 3.85. The van der Waals surface area contributed by atoms with Gasteiger partial charge in [-0.3, -0.25) is 0 Å². The van der Waals surface area contributed by atoms with Crippen LogP contribution in [0.2, 0.25) is 0 Å². The maximum atomic E-state index is 11.8. The van der Waals surface area contributed by atoms with Crippen molar-refractivity contribution in [1.29, 1.82) is 0 Å².